The van der Waals surface area contributed by atoms with Crippen LogP contribution in [0.5, 0.6) is 5.75 Å². The van der Waals surface area contributed by atoms with Gasteiger partial charge in [0, 0.05) is 36.2 Å². The molecule has 0 aliphatic carbocycles. The first-order chi connectivity index (χ1) is 30.4. The van der Waals surface area contributed by atoms with Crippen molar-refractivity contribution in [3.63, 3.8) is 0 Å². The summed E-state index contributed by atoms with van der Waals surface area (Å²) in [5.41, 5.74) is 6.52. The summed E-state index contributed by atoms with van der Waals surface area (Å²) < 4.78 is 16.8. The number of hydrogen-bond acceptors (Lipinski definition) is 9. The molecule has 6 atom stereocenters. The van der Waals surface area contributed by atoms with Crippen LogP contribution in [0.15, 0.2) is 48.7 Å². The van der Waals surface area contributed by atoms with E-state index < -0.39 is 24.3 Å². The molecule has 4 aliphatic rings. The number of likely N-dealkylation sites (tertiary alicyclic amines) is 2. The summed E-state index contributed by atoms with van der Waals surface area (Å²) in [4.78, 5) is 72.9. The Hall–Kier alpha value is -6.16. The number of fused-ring (bicyclic) bond motifs is 6. The number of amides is 4. The van der Waals surface area contributed by atoms with Crippen LogP contribution < -0.4 is 15.4 Å². The second-order valence-electron chi connectivity index (χ2n) is 17.8. The third-order valence-corrected chi connectivity index (χ3v) is 13.7. The van der Waals surface area contributed by atoms with Crippen molar-refractivity contribution in [1.82, 2.24) is 40.4 Å². The van der Waals surface area contributed by atoms with Gasteiger partial charge >= 0.3 is 12.2 Å². The summed E-state index contributed by atoms with van der Waals surface area (Å²) in [6.45, 7) is 9.28. The minimum Gasteiger partial charge on any atom is -0.488 e. The molecule has 4 amide bonds. The van der Waals surface area contributed by atoms with Gasteiger partial charge in [-0.15, -0.1) is 0 Å². The number of hydrogen-bond donors (Lipinski definition) is 5. The van der Waals surface area contributed by atoms with Crippen LogP contribution in [-0.4, -0.2) is 103 Å². The lowest BCUT2D eigenvalue weighted by Crippen LogP contribution is -2.54. The molecule has 0 radical (unpaired) electrons. The molecule has 3 aromatic carbocycles. The standard InChI is InChI=1S/C47H56N8O8/c1-6-30-10-14-37(55(30)45(57)40(52-46(58)59)26-15-17-62-18-16-26)43-49-34-12-9-27-20-33-31-11-8-28(19-29(31)23-63-38(33)21-32(27)41(34)51-43)35-22-48-42(50-35)36-13-7-25(4)54(36)44(56)39(24(2)3)53-47(60)61-5/h8-9,11-12,19-22,24-26,30,36-37,39-40,52H,6-7,10,13-18,23H2,1-5H3,(H,48,50)(H,49,51)(H,53,60)(H,58,59)/t25-,30-,36-,37-,39-,40-/m0/s1. The Morgan fingerprint density at radius 3 is 2.43 bits per heavy atom. The van der Waals surface area contributed by atoms with E-state index in [1.807, 2.05) is 42.8 Å². The highest BCUT2D eigenvalue weighted by molar-refractivity contribution is 6.07. The van der Waals surface area contributed by atoms with Crippen LogP contribution in [-0.2, 0) is 25.7 Å². The smallest absolute Gasteiger partial charge is 0.407 e. The fraction of sp³-hybridized carbons (Fsp3) is 0.489. The topological polar surface area (TPSA) is 204 Å². The fourth-order valence-electron chi connectivity index (χ4n) is 10.4. The Bertz CT molecular complexity index is 2560. The van der Waals surface area contributed by atoms with Crippen LogP contribution >= 0.6 is 0 Å². The van der Waals surface area contributed by atoms with Crippen LogP contribution in [0, 0.1) is 11.8 Å². The molecule has 16 heteroatoms. The van der Waals surface area contributed by atoms with Crippen molar-refractivity contribution >= 4 is 45.8 Å². The van der Waals surface area contributed by atoms with E-state index in [2.05, 4.69) is 63.9 Å². The zero-order valence-corrected chi connectivity index (χ0v) is 36.4. The molecule has 0 bridgehead atoms. The molecular weight excluding hydrogens is 805 g/mol. The number of carboxylic acid groups (broad SMARTS) is 1. The van der Waals surface area contributed by atoms with Crippen molar-refractivity contribution in [1.29, 1.82) is 0 Å². The van der Waals surface area contributed by atoms with E-state index in [0.717, 1.165) is 87.6 Å². The molecule has 5 N–H and O–H groups in total. The van der Waals surface area contributed by atoms with E-state index in [-0.39, 0.29) is 47.8 Å². The van der Waals surface area contributed by atoms with Gasteiger partial charge in [-0.2, -0.15) is 0 Å². The normalized spacial score (nSPS) is 22.1. The first-order valence-electron chi connectivity index (χ1n) is 22.3. The Kier molecular flexibility index (Phi) is 11.5. The maximum Gasteiger partial charge on any atom is 0.407 e. The van der Waals surface area contributed by atoms with Gasteiger partial charge in [0.15, 0.2) is 0 Å². The van der Waals surface area contributed by atoms with Gasteiger partial charge in [0.05, 0.1) is 42.1 Å². The van der Waals surface area contributed by atoms with Gasteiger partial charge in [0.1, 0.15) is 36.1 Å². The second-order valence-corrected chi connectivity index (χ2v) is 17.8. The molecule has 3 saturated heterocycles. The zero-order valence-electron chi connectivity index (χ0n) is 36.4. The monoisotopic (exact) mass is 860 g/mol. The number of benzene rings is 3. The number of carbonyl (C=O) groups is 4. The van der Waals surface area contributed by atoms with Gasteiger partial charge in [-0.3, -0.25) is 9.59 Å². The first-order valence-corrected chi connectivity index (χ1v) is 22.3. The number of nitrogens with zero attached hydrogens (tertiary/aromatic N) is 4. The van der Waals surface area contributed by atoms with Crippen LogP contribution in [0.3, 0.4) is 0 Å². The van der Waals surface area contributed by atoms with Gasteiger partial charge in [0.25, 0.3) is 0 Å². The lowest BCUT2D eigenvalue weighted by molar-refractivity contribution is -0.139. The highest BCUT2D eigenvalue weighted by Gasteiger charge is 2.44. The molecule has 6 heterocycles. The molecule has 16 nitrogen and oxygen atoms in total. The third kappa shape index (κ3) is 7.82. The van der Waals surface area contributed by atoms with E-state index >= 15 is 0 Å². The number of H-pyrrole nitrogens is 2. The molecule has 9 rings (SSSR count). The number of rotatable bonds is 10. The number of aromatic amines is 2. The SMILES string of the molecule is CC[C@H]1CC[C@@H](c2nc3ccc4cc5c(cc4c3[nH]2)OCc2cc(-c3cnc([C@@H]4CC[C@H](C)N4C(=O)[C@@H](NC(=O)OC)C(C)C)[nH]3)ccc2-5)N1C(=O)[C@@H](NC(=O)O)C1CCOCC1. The van der Waals surface area contributed by atoms with Gasteiger partial charge in [-0.25, -0.2) is 19.6 Å². The van der Waals surface area contributed by atoms with Crippen LogP contribution in [0.1, 0.15) is 102 Å². The molecule has 4 aliphatic heterocycles. The maximum absolute atomic E-state index is 14.4. The molecule has 0 saturated carbocycles. The van der Waals surface area contributed by atoms with Crippen LogP contribution in [0.2, 0.25) is 0 Å². The number of nitrogens with one attached hydrogen (secondary N) is 4. The van der Waals surface area contributed by atoms with E-state index in [4.69, 9.17) is 24.2 Å². The number of ether oxygens (including phenoxy) is 3. The zero-order chi connectivity index (χ0) is 44.1. The molecular formula is C47H56N8O8. The Balaban J connectivity index is 0.971. The number of aromatic nitrogens is 4. The molecule has 0 unspecified atom stereocenters. The van der Waals surface area contributed by atoms with Crippen molar-refractivity contribution in [3.05, 3.63) is 65.9 Å². The molecule has 63 heavy (non-hydrogen) atoms. The summed E-state index contributed by atoms with van der Waals surface area (Å²) in [6, 6.07) is 12.4. The largest absolute Gasteiger partial charge is 0.488 e. The highest BCUT2D eigenvalue weighted by atomic mass is 16.5. The van der Waals surface area contributed by atoms with E-state index in [9.17, 15) is 24.3 Å². The number of carbonyl (C=O) groups excluding carboxylic acids is 3. The molecule has 332 valence electrons. The van der Waals surface area contributed by atoms with Crippen molar-refractivity contribution < 1.29 is 38.5 Å². The molecule has 0 spiro atoms. The van der Waals surface area contributed by atoms with Crippen molar-refractivity contribution in [2.45, 2.75) is 115 Å². The van der Waals surface area contributed by atoms with E-state index in [1.165, 1.54) is 7.11 Å². The summed E-state index contributed by atoms with van der Waals surface area (Å²) in [6.07, 6.45) is 5.06. The summed E-state index contributed by atoms with van der Waals surface area (Å²) in [7, 11) is 1.29. The Morgan fingerprint density at radius 1 is 0.905 bits per heavy atom. The average Bonchev–Trinajstić information content (AvgIpc) is 4.12. The van der Waals surface area contributed by atoms with Crippen molar-refractivity contribution in [2.24, 2.45) is 11.8 Å². The summed E-state index contributed by atoms with van der Waals surface area (Å²) in [5, 5.41) is 17.0. The second kappa shape index (κ2) is 17.2. The average molecular weight is 861 g/mol. The molecule has 5 aromatic rings. The van der Waals surface area contributed by atoms with Crippen molar-refractivity contribution in [3.8, 4) is 28.1 Å². The lowest BCUT2D eigenvalue weighted by atomic mass is 9.90. The van der Waals surface area contributed by atoms with E-state index in [0.29, 0.717) is 44.3 Å². The minimum absolute atomic E-state index is 0.0212. The molecule has 3 fully saturated rings. The third-order valence-electron chi connectivity index (χ3n) is 13.7. The first kappa shape index (κ1) is 42.2. The van der Waals surface area contributed by atoms with Crippen LogP contribution in [0.4, 0.5) is 9.59 Å². The quantitative estimate of drug-likeness (QED) is 0.0930. The summed E-state index contributed by atoms with van der Waals surface area (Å²) >= 11 is 0. The molecule has 2 aromatic heterocycles. The Labute approximate surface area is 365 Å². The van der Waals surface area contributed by atoms with Gasteiger partial charge in [-0.05, 0) is 110 Å². The predicted octanol–water partition coefficient (Wildman–Crippen LogP) is 7.60. The van der Waals surface area contributed by atoms with Crippen LogP contribution in [0.25, 0.3) is 44.2 Å². The van der Waals surface area contributed by atoms with Gasteiger partial charge < -0.3 is 49.7 Å². The number of imidazole rings is 2. The number of methoxy groups -OCH3 is 1. The van der Waals surface area contributed by atoms with Gasteiger partial charge in [0.2, 0.25) is 11.8 Å². The van der Waals surface area contributed by atoms with E-state index in [1.54, 1.807) is 0 Å². The Morgan fingerprint density at radius 2 is 1.68 bits per heavy atom. The highest BCUT2D eigenvalue weighted by Crippen LogP contribution is 2.44. The van der Waals surface area contributed by atoms with Crippen molar-refractivity contribution in [2.75, 3.05) is 20.3 Å². The predicted molar refractivity (Wildman–Crippen MR) is 235 cm³/mol. The summed E-state index contributed by atoms with van der Waals surface area (Å²) in [5.74, 6) is 1.53. The lowest BCUT2D eigenvalue weighted by Gasteiger charge is -2.36. The fourth-order valence-corrected chi connectivity index (χ4v) is 10.4. The maximum atomic E-state index is 14.4. The number of alkyl carbamates (subject to hydrolysis) is 1. The van der Waals surface area contributed by atoms with Gasteiger partial charge in [-0.1, -0.05) is 39.0 Å². The minimum atomic E-state index is -1.20.